The number of Topliss-reactive ketones (excluding diaryl/α,β-unsaturated/α-hetero) is 1. The van der Waals surface area contributed by atoms with Gasteiger partial charge < -0.3 is 9.64 Å². The van der Waals surface area contributed by atoms with Crippen LogP contribution in [0.4, 0.5) is 0 Å². The van der Waals surface area contributed by atoms with Gasteiger partial charge in [0.15, 0.2) is 0 Å². The Morgan fingerprint density at radius 3 is 2.55 bits per heavy atom. The van der Waals surface area contributed by atoms with Gasteiger partial charge in [0.1, 0.15) is 11.5 Å². The topological polar surface area (TPSA) is 46.6 Å². The summed E-state index contributed by atoms with van der Waals surface area (Å²) in [5.41, 5.74) is 1.09. The Balaban J connectivity index is 2.03. The van der Waals surface area contributed by atoms with Gasteiger partial charge in [0.2, 0.25) is 5.91 Å². The molecule has 0 saturated heterocycles. The van der Waals surface area contributed by atoms with Crippen molar-refractivity contribution in [2.75, 3.05) is 13.7 Å². The van der Waals surface area contributed by atoms with E-state index in [2.05, 4.69) is 0 Å². The fraction of sp³-hybridized carbons (Fsp3) is 0.556. The third kappa shape index (κ3) is 3.87. The number of amides is 1. The molecule has 22 heavy (non-hydrogen) atoms. The Kier molecular flexibility index (Phi) is 5.58. The molecular weight excluding hydrogens is 278 g/mol. The van der Waals surface area contributed by atoms with Gasteiger partial charge in [0.05, 0.1) is 7.11 Å². The predicted octanol–water partition coefficient (Wildman–Crippen LogP) is 3.05. The first kappa shape index (κ1) is 16.5. The Labute approximate surface area is 132 Å². The van der Waals surface area contributed by atoms with Crippen LogP contribution in [-0.2, 0) is 16.1 Å². The van der Waals surface area contributed by atoms with Gasteiger partial charge in [0, 0.05) is 31.8 Å². The molecule has 0 heterocycles. The van der Waals surface area contributed by atoms with Crippen LogP contribution in [-0.4, -0.2) is 30.2 Å². The van der Waals surface area contributed by atoms with Crippen LogP contribution in [0, 0.1) is 11.8 Å². The Morgan fingerprint density at radius 1 is 1.32 bits per heavy atom. The zero-order chi connectivity index (χ0) is 16.1. The first-order valence-electron chi connectivity index (χ1n) is 7.98. The van der Waals surface area contributed by atoms with Gasteiger partial charge in [-0.2, -0.15) is 0 Å². The quantitative estimate of drug-likeness (QED) is 0.840. The van der Waals surface area contributed by atoms with Crippen molar-refractivity contribution in [1.82, 2.24) is 4.90 Å². The van der Waals surface area contributed by atoms with E-state index < -0.39 is 0 Å². The van der Waals surface area contributed by atoms with E-state index in [-0.39, 0.29) is 23.5 Å². The predicted molar refractivity (Wildman–Crippen MR) is 85.6 cm³/mol. The smallest absolute Gasteiger partial charge is 0.226 e. The van der Waals surface area contributed by atoms with Crippen LogP contribution in [0.15, 0.2) is 24.3 Å². The number of ketones is 1. The van der Waals surface area contributed by atoms with E-state index in [9.17, 15) is 9.59 Å². The molecule has 1 aromatic carbocycles. The normalized spacial score (nSPS) is 21.5. The molecule has 0 radical (unpaired) electrons. The summed E-state index contributed by atoms with van der Waals surface area (Å²) in [4.78, 5) is 26.1. The highest BCUT2D eigenvalue weighted by atomic mass is 16.5. The zero-order valence-corrected chi connectivity index (χ0v) is 13.7. The van der Waals surface area contributed by atoms with Gasteiger partial charge in [-0.25, -0.2) is 0 Å². The zero-order valence-electron chi connectivity index (χ0n) is 13.7. The summed E-state index contributed by atoms with van der Waals surface area (Å²) in [6.45, 7) is 5.31. The summed E-state index contributed by atoms with van der Waals surface area (Å²) < 4.78 is 5.15. The third-order valence-electron chi connectivity index (χ3n) is 4.51. The highest BCUT2D eigenvalue weighted by Crippen LogP contribution is 2.29. The van der Waals surface area contributed by atoms with Gasteiger partial charge >= 0.3 is 0 Å². The molecule has 1 amide bonds. The molecule has 1 aliphatic carbocycles. The SMILES string of the molecule is CCN(Cc1ccc(OC)cc1)C(=O)C1CCC(=O)CC1C. The fourth-order valence-electron chi connectivity index (χ4n) is 3.10. The van der Waals surface area contributed by atoms with Crippen molar-refractivity contribution in [3.63, 3.8) is 0 Å². The number of hydrogen-bond acceptors (Lipinski definition) is 3. The lowest BCUT2D eigenvalue weighted by Crippen LogP contribution is -2.40. The molecule has 1 aliphatic rings. The van der Waals surface area contributed by atoms with Crippen LogP contribution >= 0.6 is 0 Å². The van der Waals surface area contributed by atoms with Crippen molar-refractivity contribution < 1.29 is 14.3 Å². The Morgan fingerprint density at radius 2 is 2.00 bits per heavy atom. The minimum Gasteiger partial charge on any atom is -0.497 e. The maximum Gasteiger partial charge on any atom is 0.226 e. The molecule has 0 bridgehead atoms. The average molecular weight is 303 g/mol. The van der Waals surface area contributed by atoms with Crippen molar-refractivity contribution in [1.29, 1.82) is 0 Å². The summed E-state index contributed by atoms with van der Waals surface area (Å²) >= 11 is 0. The Bertz CT molecular complexity index is 524. The molecular formula is C18H25NO3. The lowest BCUT2D eigenvalue weighted by Gasteiger charge is -2.32. The maximum absolute atomic E-state index is 12.8. The molecule has 1 aromatic rings. The molecule has 2 rings (SSSR count). The van der Waals surface area contributed by atoms with Crippen LogP contribution in [0.25, 0.3) is 0 Å². The highest BCUT2D eigenvalue weighted by Gasteiger charge is 2.33. The summed E-state index contributed by atoms with van der Waals surface area (Å²) in [6, 6.07) is 7.80. The Hall–Kier alpha value is -1.84. The molecule has 0 spiro atoms. The van der Waals surface area contributed by atoms with Crippen molar-refractivity contribution in [2.24, 2.45) is 11.8 Å². The molecule has 0 aliphatic heterocycles. The number of ether oxygens (including phenoxy) is 1. The van der Waals surface area contributed by atoms with Crippen molar-refractivity contribution >= 4 is 11.7 Å². The second kappa shape index (κ2) is 7.43. The summed E-state index contributed by atoms with van der Waals surface area (Å²) in [5, 5.41) is 0. The van der Waals surface area contributed by atoms with Gasteiger partial charge in [-0.3, -0.25) is 9.59 Å². The van der Waals surface area contributed by atoms with Crippen LogP contribution in [0.1, 0.15) is 38.7 Å². The number of hydrogen-bond donors (Lipinski definition) is 0. The molecule has 0 N–H and O–H groups in total. The molecule has 1 saturated carbocycles. The van der Waals surface area contributed by atoms with Crippen LogP contribution in [0.3, 0.4) is 0 Å². The number of rotatable bonds is 5. The van der Waals surface area contributed by atoms with Crippen LogP contribution in [0.2, 0.25) is 0 Å². The van der Waals surface area contributed by atoms with Crippen molar-refractivity contribution in [3.05, 3.63) is 29.8 Å². The van der Waals surface area contributed by atoms with E-state index in [4.69, 9.17) is 4.74 Å². The minimum absolute atomic E-state index is 0.0177. The molecule has 120 valence electrons. The monoisotopic (exact) mass is 303 g/mol. The second-order valence-electron chi connectivity index (χ2n) is 6.07. The second-order valence-corrected chi connectivity index (χ2v) is 6.07. The summed E-state index contributed by atoms with van der Waals surface area (Å²) in [7, 11) is 1.64. The van der Waals surface area contributed by atoms with Crippen molar-refractivity contribution in [2.45, 2.75) is 39.7 Å². The summed E-state index contributed by atoms with van der Waals surface area (Å²) in [6.07, 6.45) is 1.77. The standard InChI is InChI=1S/C18H25NO3/c1-4-19(12-14-5-8-16(22-3)9-6-14)18(21)17-10-7-15(20)11-13(17)2/h5-6,8-9,13,17H,4,7,10-12H2,1-3H3. The molecule has 4 nitrogen and oxygen atoms in total. The highest BCUT2D eigenvalue weighted by molar-refractivity contribution is 5.85. The van der Waals surface area contributed by atoms with Gasteiger partial charge in [-0.05, 0) is 37.0 Å². The van der Waals surface area contributed by atoms with E-state index in [1.807, 2.05) is 43.0 Å². The molecule has 0 aromatic heterocycles. The van der Waals surface area contributed by atoms with Crippen LogP contribution < -0.4 is 4.74 Å². The number of methoxy groups -OCH3 is 1. The van der Waals surface area contributed by atoms with Gasteiger partial charge in [-0.15, -0.1) is 0 Å². The van der Waals surface area contributed by atoms with Gasteiger partial charge in [-0.1, -0.05) is 19.1 Å². The van der Waals surface area contributed by atoms with E-state index >= 15 is 0 Å². The summed E-state index contributed by atoms with van der Waals surface area (Å²) in [5.74, 6) is 1.42. The first-order chi connectivity index (χ1) is 10.5. The van der Waals surface area contributed by atoms with Gasteiger partial charge in [0.25, 0.3) is 0 Å². The fourth-order valence-corrected chi connectivity index (χ4v) is 3.10. The molecule has 2 unspecified atom stereocenters. The molecule has 1 fully saturated rings. The lowest BCUT2D eigenvalue weighted by atomic mass is 9.79. The molecule has 4 heteroatoms. The van der Waals surface area contributed by atoms with E-state index in [1.165, 1.54) is 0 Å². The van der Waals surface area contributed by atoms with E-state index in [0.717, 1.165) is 11.3 Å². The number of nitrogens with zero attached hydrogens (tertiary/aromatic N) is 1. The van der Waals surface area contributed by atoms with E-state index in [0.29, 0.717) is 32.4 Å². The first-order valence-corrected chi connectivity index (χ1v) is 7.98. The average Bonchev–Trinajstić information content (AvgIpc) is 2.52. The number of benzene rings is 1. The lowest BCUT2D eigenvalue weighted by molar-refractivity contribution is -0.140. The minimum atomic E-state index is -0.0177. The number of carbonyl (C=O) groups is 2. The van der Waals surface area contributed by atoms with Crippen molar-refractivity contribution in [3.8, 4) is 5.75 Å². The van der Waals surface area contributed by atoms with Crippen LogP contribution in [0.5, 0.6) is 5.75 Å². The van der Waals surface area contributed by atoms with E-state index in [1.54, 1.807) is 7.11 Å². The number of carbonyl (C=O) groups excluding carboxylic acids is 2. The maximum atomic E-state index is 12.8. The largest absolute Gasteiger partial charge is 0.497 e. The molecule has 2 atom stereocenters. The third-order valence-corrected chi connectivity index (χ3v) is 4.51.